The fourth-order valence-electron chi connectivity index (χ4n) is 1.71. The van der Waals surface area contributed by atoms with Crippen LogP contribution in [0.1, 0.15) is 78.1 Å². The molecule has 0 aliphatic rings. The van der Waals surface area contributed by atoms with E-state index in [0.717, 1.165) is 19.3 Å². The van der Waals surface area contributed by atoms with Gasteiger partial charge in [-0.3, -0.25) is 0 Å². The van der Waals surface area contributed by atoms with Gasteiger partial charge in [0.05, 0.1) is 0 Å². The predicted octanol–water partition coefficient (Wildman–Crippen LogP) is 4.29. The van der Waals surface area contributed by atoms with E-state index in [4.69, 9.17) is 0 Å². The van der Waals surface area contributed by atoms with Crippen LogP contribution in [0.25, 0.3) is 0 Å². The van der Waals surface area contributed by atoms with Crippen molar-refractivity contribution in [2.45, 2.75) is 84.2 Å². The number of rotatable bonds is 9. The maximum absolute atomic E-state index is 9.38. The van der Waals surface area contributed by atoms with Gasteiger partial charge in [-0.25, -0.2) is 0 Å². The van der Waals surface area contributed by atoms with E-state index in [-0.39, 0.29) is 0 Å². The summed E-state index contributed by atoms with van der Waals surface area (Å²) in [4.78, 5) is 0. The highest BCUT2D eigenvalue weighted by atomic mass is 16.3. The van der Waals surface area contributed by atoms with Crippen molar-refractivity contribution in [3.05, 3.63) is 0 Å². The smallest absolute Gasteiger partial charge is 0.114 e. The van der Waals surface area contributed by atoms with E-state index in [1.54, 1.807) is 0 Å². The van der Waals surface area contributed by atoms with Crippen LogP contribution in [0.5, 0.6) is 0 Å². The van der Waals surface area contributed by atoms with E-state index in [1.807, 2.05) is 0 Å². The predicted molar refractivity (Wildman–Crippen MR) is 71.3 cm³/mol. The lowest BCUT2D eigenvalue weighted by Crippen LogP contribution is -2.00. The number of unbranched alkanes of at least 4 members (excludes halogenated alkanes) is 7. The minimum atomic E-state index is -0.394. The van der Waals surface area contributed by atoms with Gasteiger partial charge in [0.1, 0.15) is 6.10 Å². The van der Waals surface area contributed by atoms with Gasteiger partial charge in [-0.05, 0) is 12.8 Å². The Morgan fingerprint density at radius 3 is 2.12 bits per heavy atom. The van der Waals surface area contributed by atoms with Gasteiger partial charge in [0.25, 0.3) is 0 Å². The van der Waals surface area contributed by atoms with E-state index < -0.39 is 6.10 Å². The highest BCUT2D eigenvalue weighted by Gasteiger charge is 1.94. The Labute approximate surface area is 102 Å². The molecule has 1 atom stereocenters. The van der Waals surface area contributed by atoms with Crippen molar-refractivity contribution in [2.24, 2.45) is 0 Å². The third kappa shape index (κ3) is 11.6. The molecule has 1 N–H and O–H groups in total. The molecule has 0 fully saturated rings. The Hall–Kier alpha value is -0.480. The molecular weight excluding hydrogens is 196 g/mol. The lowest BCUT2D eigenvalue weighted by Gasteiger charge is -1.99. The van der Waals surface area contributed by atoms with E-state index >= 15 is 0 Å². The fourth-order valence-corrected chi connectivity index (χ4v) is 1.71. The van der Waals surface area contributed by atoms with Gasteiger partial charge < -0.3 is 5.11 Å². The highest BCUT2D eigenvalue weighted by Crippen LogP contribution is 2.07. The number of aliphatic hydroxyl groups excluding tert-OH is 1. The summed E-state index contributed by atoms with van der Waals surface area (Å²) in [5.74, 6) is 5.97. The Balaban J connectivity index is 3.19. The zero-order valence-corrected chi connectivity index (χ0v) is 11.1. The fraction of sp³-hybridized carbons (Fsp3) is 0.867. The maximum atomic E-state index is 9.38. The summed E-state index contributed by atoms with van der Waals surface area (Å²) < 4.78 is 0. The molecule has 0 aromatic carbocycles. The van der Waals surface area contributed by atoms with Gasteiger partial charge in [0.15, 0.2) is 0 Å². The van der Waals surface area contributed by atoms with Gasteiger partial charge in [-0.1, -0.05) is 64.7 Å². The van der Waals surface area contributed by atoms with Gasteiger partial charge in [-0.2, -0.15) is 0 Å². The van der Waals surface area contributed by atoms with Crippen LogP contribution >= 0.6 is 0 Å². The largest absolute Gasteiger partial charge is 0.380 e. The van der Waals surface area contributed by atoms with Gasteiger partial charge in [-0.15, -0.1) is 5.92 Å². The topological polar surface area (TPSA) is 20.2 Å². The first-order chi connectivity index (χ1) is 7.81. The van der Waals surface area contributed by atoms with Crippen LogP contribution in [0.4, 0.5) is 0 Å². The lowest BCUT2D eigenvalue weighted by molar-refractivity contribution is 0.221. The Morgan fingerprint density at radius 2 is 1.50 bits per heavy atom. The summed E-state index contributed by atoms with van der Waals surface area (Å²) in [5.41, 5.74) is 0. The second-order valence-electron chi connectivity index (χ2n) is 4.50. The number of aliphatic hydroxyl groups is 1. The van der Waals surface area contributed by atoms with Crippen molar-refractivity contribution < 1.29 is 5.11 Å². The third-order valence-corrected chi connectivity index (χ3v) is 2.74. The van der Waals surface area contributed by atoms with Crippen LogP contribution in [-0.4, -0.2) is 11.2 Å². The van der Waals surface area contributed by atoms with E-state index in [9.17, 15) is 5.11 Å². The zero-order chi connectivity index (χ0) is 12.1. The molecule has 0 spiro atoms. The molecule has 0 saturated heterocycles. The highest BCUT2D eigenvalue weighted by molar-refractivity contribution is 5.04. The molecule has 94 valence electrons. The normalized spacial score (nSPS) is 11.9. The first-order valence-electron chi connectivity index (χ1n) is 6.97. The Morgan fingerprint density at radius 1 is 0.875 bits per heavy atom. The molecule has 0 amide bonds. The standard InChI is InChI=1S/C15H28O/c1-3-5-6-7-8-9-10-11-12-14-15(16)13-4-2/h15-16H,3-11,13H2,1-2H3. The van der Waals surface area contributed by atoms with Crippen molar-refractivity contribution in [1.82, 2.24) is 0 Å². The van der Waals surface area contributed by atoms with Crippen molar-refractivity contribution in [2.75, 3.05) is 0 Å². The molecular formula is C15H28O. The quantitative estimate of drug-likeness (QED) is 0.457. The second kappa shape index (κ2) is 12.6. The molecule has 0 rings (SSSR count). The molecule has 16 heavy (non-hydrogen) atoms. The Bertz CT molecular complexity index is 187. The second-order valence-corrected chi connectivity index (χ2v) is 4.50. The Kier molecular flexibility index (Phi) is 12.2. The monoisotopic (exact) mass is 224 g/mol. The molecule has 1 heteroatoms. The van der Waals surface area contributed by atoms with Crippen LogP contribution in [0.2, 0.25) is 0 Å². The van der Waals surface area contributed by atoms with E-state index in [2.05, 4.69) is 25.7 Å². The van der Waals surface area contributed by atoms with Crippen molar-refractivity contribution >= 4 is 0 Å². The minimum Gasteiger partial charge on any atom is -0.380 e. The molecule has 1 unspecified atom stereocenters. The van der Waals surface area contributed by atoms with Crippen LogP contribution < -0.4 is 0 Å². The van der Waals surface area contributed by atoms with E-state index in [0.29, 0.717) is 0 Å². The number of hydrogen-bond acceptors (Lipinski definition) is 1. The SMILES string of the molecule is CCCCCCCCCC#CC(O)CCC. The molecule has 0 aliphatic carbocycles. The van der Waals surface area contributed by atoms with Crippen LogP contribution in [0, 0.1) is 11.8 Å². The number of hydrogen-bond donors (Lipinski definition) is 1. The van der Waals surface area contributed by atoms with Gasteiger partial charge in [0, 0.05) is 6.42 Å². The summed E-state index contributed by atoms with van der Waals surface area (Å²) in [6.07, 6.45) is 11.7. The van der Waals surface area contributed by atoms with Gasteiger partial charge in [0.2, 0.25) is 0 Å². The summed E-state index contributed by atoms with van der Waals surface area (Å²) >= 11 is 0. The molecule has 1 nitrogen and oxygen atoms in total. The molecule has 0 saturated carbocycles. The average Bonchev–Trinajstić information content (AvgIpc) is 2.27. The van der Waals surface area contributed by atoms with Crippen LogP contribution in [0.15, 0.2) is 0 Å². The molecule has 0 heterocycles. The first kappa shape index (κ1) is 15.5. The molecule has 0 aliphatic heterocycles. The molecule has 0 bridgehead atoms. The van der Waals surface area contributed by atoms with Crippen LogP contribution in [0.3, 0.4) is 0 Å². The summed E-state index contributed by atoms with van der Waals surface area (Å²) in [6.45, 7) is 4.32. The maximum Gasteiger partial charge on any atom is 0.114 e. The summed E-state index contributed by atoms with van der Waals surface area (Å²) in [6, 6.07) is 0. The van der Waals surface area contributed by atoms with Crippen molar-refractivity contribution in [3.8, 4) is 11.8 Å². The van der Waals surface area contributed by atoms with E-state index in [1.165, 1.54) is 44.9 Å². The van der Waals surface area contributed by atoms with Crippen LogP contribution in [-0.2, 0) is 0 Å². The zero-order valence-electron chi connectivity index (χ0n) is 11.1. The van der Waals surface area contributed by atoms with Gasteiger partial charge >= 0.3 is 0 Å². The third-order valence-electron chi connectivity index (χ3n) is 2.74. The molecule has 0 aromatic heterocycles. The minimum absolute atomic E-state index is 0.394. The van der Waals surface area contributed by atoms with Crippen molar-refractivity contribution in [3.63, 3.8) is 0 Å². The average molecular weight is 224 g/mol. The first-order valence-corrected chi connectivity index (χ1v) is 6.97. The summed E-state index contributed by atoms with van der Waals surface area (Å²) in [5, 5.41) is 9.38. The molecule has 0 aromatic rings. The van der Waals surface area contributed by atoms with Crippen molar-refractivity contribution in [1.29, 1.82) is 0 Å². The molecule has 0 radical (unpaired) electrons. The lowest BCUT2D eigenvalue weighted by atomic mass is 10.1. The summed E-state index contributed by atoms with van der Waals surface area (Å²) in [7, 11) is 0.